The summed E-state index contributed by atoms with van der Waals surface area (Å²) in [5, 5.41) is 18.3. The molecule has 2 amide bonds. The number of nitrogens with zero attached hydrogens (tertiary/aromatic N) is 4. The van der Waals surface area contributed by atoms with E-state index in [0.717, 1.165) is 37.2 Å². The van der Waals surface area contributed by atoms with E-state index >= 15 is 0 Å². The van der Waals surface area contributed by atoms with Crippen LogP contribution >= 0.6 is 0 Å². The molecule has 148 valence electrons. The van der Waals surface area contributed by atoms with Crippen LogP contribution in [-0.4, -0.2) is 43.9 Å². The lowest BCUT2D eigenvalue weighted by atomic mass is 9.85. The van der Waals surface area contributed by atoms with Crippen molar-refractivity contribution in [2.24, 2.45) is 5.92 Å². The number of anilines is 1. The first-order chi connectivity index (χ1) is 13.6. The van der Waals surface area contributed by atoms with Crippen LogP contribution in [0.2, 0.25) is 0 Å². The molecule has 1 fully saturated rings. The molecule has 0 bridgehead atoms. The van der Waals surface area contributed by atoms with Crippen molar-refractivity contribution in [3.05, 3.63) is 54.5 Å². The van der Waals surface area contributed by atoms with Crippen LogP contribution in [0.15, 0.2) is 48.9 Å². The van der Waals surface area contributed by atoms with Crippen molar-refractivity contribution in [1.29, 1.82) is 0 Å². The van der Waals surface area contributed by atoms with Gasteiger partial charge in [0.15, 0.2) is 0 Å². The zero-order valence-electron chi connectivity index (χ0n) is 16.0. The molecular formula is C21H27N5O2. The van der Waals surface area contributed by atoms with Gasteiger partial charge in [0.1, 0.15) is 5.82 Å². The molecule has 4 rings (SSSR count). The largest absolute Gasteiger partial charge is 0.385 e. The van der Waals surface area contributed by atoms with Crippen molar-refractivity contribution in [2.45, 2.75) is 44.2 Å². The van der Waals surface area contributed by atoms with E-state index in [1.54, 1.807) is 23.5 Å². The average molecular weight is 381 g/mol. The van der Waals surface area contributed by atoms with Crippen molar-refractivity contribution in [3.63, 3.8) is 0 Å². The molecule has 7 heteroatoms. The van der Waals surface area contributed by atoms with Gasteiger partial charge < -0.3 is 10.0 Å². The van der Waals surface area contributed by atoms with Gasteiger partial charge in [-0.15, -0.1) is 0 Å². The topological polar surface area (TPSA) is 83.3 Å². The molecule has 1 atom stereocenters. The Morgan fingerprint density at radius 3 is 2.82 bits per heavy atom. The van der Waals surface area contributed by atoms with Gasteiger partial charge >= 0.3 is 6.03 Å². The van der Waals surface area contributed by atoms with Gasteiger partial charge in [-0.25, -0.2) is 9.48 Å². The smallest absolute Gasteiger partial charge is 0.323 e. The minimum absolute atomic E-state index is 0.140. The van der Waals surface area contributed by atoms with Crippen molar-refractivity contribution in [2.75, 3.05) is 18.4 Å². The molecule has 0 aromatic carbocycles. The zero-order chi connectivity index (χ0) is 19.4. The predicted molar refractivity (Wildman–Crippen MR) is 107 cm³/mol. The van der Waals surface area contributed by atoms with Gasteiger partial charge in [-0.2, -0.15) is 5.10 Å². The summed E-state index contributed by atoms with van der Waals surface area (Å²) in [5.41, 5.74) is -0.101. The van der Waals surface area contributed by atoms with Crippen molar-refractivity contribution in [1.82, 2.24) is 19.7 Å². The van der Waals surface area contributed by atoms with Crippen LogP contribution in [0, 0.1) is 5.92 Å². The van der Waals surface area contributed by atoms with Crippen LogP contribution in [0.4, 0.5) is 10.6 Å². The average Bonchev–Trinajstić information content (AvgIpc) is 3.16. The molecule has 3 heterocycles. The van der Waals surface area contributed by atoms with Crippen LogP contribution in [0.5, 0.6) is 0 Å². The highest BCUT2D eigenvalue weighted by Gasteiger charge is 2.35. The molecule has 0 unspecified atom stereocenters. The maximum atomic E-state index is 12.7. The number of pyridine rings is 1. The molecule has 2 aromatic rings. The second kappa shape index (κ2) is 8.14. The fraction of sp³-hybridized carbons (Fsp3) is 0.476. The fourth-order valence-corrected chi connectivity index (χ4v) is 4.05. The molecule has 2 aromatic heterocycles. The van der Waals surface area contributed by atoms with Gasteiger partial charge in [0.2, 0.25) is 0 Å². The molecule has 1 aliphatic carbocycles. The van der Waals surface area contributed by atoms with Crippen LogP contribution < -0.4 is 5.32 Å². The number of carbonyl (C=O) groups excluding carboxylic acids is 1. The van der Waals surface area contributed by atoms with E-state index in [1.165, 1.54) is 0 Å². The maximum Gasteiger partial charge on any atom is 0.323 e. The SMILES string of the molecule is O=C(Nc1ccnn1C[C@@H]1CC=CCC1)N1CCC(O)(c2cccnc2)CC1. The van der Waals surface area contributed by atoms with Crippen molar-refractivity contribution in [3.8, 4) is 0 Å². The first-order valence-electron chi connectivity index (χ1n) is 10.00. The third-order valence-electron chi connectivity index (χ3n) is 5.84. The summed E-state index contributed by atoms with van der Waals surface area (Å²) in [6.45, 7) is 1.81. The zero-order valence-corrected chi connectivity index (χ0v) is 16.0. The Bertz CT molecular complexity index is 824. The van der Waals surface area contributed by atoms with E-state index in [2.05, 4.69) is 27.6 Å². The molecule has 0 spiro atoms. The highest BCUT2D eigenvalue weighted by atomic mass is 16.3. The first-order valence-corrected chi connectivity index (χ1v) is 10.00. The van der Waals surface area contributed by atoms with Gasteiger partial charge in [0.05, 0.1) is 11.8 Å². The minimum atomic E-state index is -0.915. The Hall–Kier alpha value is -2.67. The summed E-state index contributed by atoms with van der Waals surface area (Å²) in [4.78, 5) is 18.6. The molecule has 7 nitrogen and oxygen atoms in total. The lowest BCUT2D eigenvalue weighted by Crippen LogP contribution is -2.46. The van der Waals surface area contributed by atoms with E-state index in [-0.39, 0.29) is 6.03 Å². The Labute approximate surface area is 165 Å². The fourth-order valence-electron chi connectivity index (χ4n) is 4.05. The quantitative estimate of drug-likeness (QED) is 0.797. The van der Waals surface area contributed by atoms with Gasteiger partial charge in [-0.05, 0) is 44.1 Å². The molecule has 2 aliphatic rings. The normalized spacial score (nSPS) is 21.5. The van der Waals surface area contributed by atoms with Gasteiger partial charge in [0, 0.05) is 43.7 Å². The second-order valence-electron chi connectivity index (χ2n) is 7.74. The molecule has 1 aliphatic heterocycles. The lowest BCUT2D eigenvalue weighted by Gasteiger charge is -2.38. The summed E-state index contributed by atoms with van der Waals surface area (Å²) in [7, 11) is 0. The molecular weight excluding hydrogens is 354 g/mol. The maximum absolute atomic E-state index is 12.7. The minimum Gasteiger partial charge on any atom is -0.385 e. The third kappa shape index (κ3) is 4.09. The third-order valence-corrected chi connectivity index (χ3v) is 5.84. The van der Waals surface area contributed by atoms with Crippen molar-refractivity contribution >= 4 is 11.8 Å². The number of allylic oxidation sites excluding steroid dienone is 2. The number of aliphatic hydroxyl groups is 1. The van der Waals surface area contributed by atoms with Crippen LogP contribution in [-0.2, 0) is 12.1 Å². The number of urea groups is 1. The van der Waals surface area contributed by atoms with Crippen LogP contribution in [0.25, 0.3) is 0 Å². The lowest BCUT2D eigenvalue weighted by molar-refractivity contribution is -0.0159. The molecule has 2 N–H and O–H groups in total. The monoisotopic (exact) mass is 381 g/mol. The number of likely N-dealkylation sites (tertiary alicyclic amines) is 1. The van der Waals surface area contributed by atoms with E-state index in [1.807, 2.05) is 22.9 Å². The predicted octanol–water partition coefficient (Wildman–Crippen LogP) is 3.15. The Morgan fingerprint density at radius 1 is 1.25 bits per heavy atom. The van der Waals surface area contributed by atoms with E-state index in [0.29, 0.717) is 31.8 Å². The first kappa shape index (κ1) is 18.7. The number of amides is 2. The number of hydrogen-bond acceptors (Lipinski definition) is 4. The van der Waals surface area contributed by atoms with Crippen molar-refractivity contribution < 1.29 is 9.90 Å². The van der Waals surface area contributed by atoms with Gasteiger partial charge in [0.25, 0.3) is 0 Å². The van der Waals surface area contributed by atoms with Gasteiger partial charge in [-0.3, -0.25) is 10.3 Å². The summed E-state index contributed by atoms with van der Waals surface area (Å²) in [6.07, 6.45) is 13.9. The summed E-state index contributed by atoms with van der Waals surface area (Å²) in [5.74, 6) is 1.29. The van der Waals surface area contributed by atoms with E-state index in [9.17, 15) is 9.90 Å². The summed E-state index contributed by atoms with van der Waals surface area (Å²) in [6, 6.07) is 5.42. The Balaban J connectivity index is 1.34. The Kier molecular flexibility index (Phi) is 5.43. The molecule has 28 heavy (non-hydrogen) atoms. The highest BCUT2D eigenvalue weighted by Crippen LogP contribution is 2.32. The number of nitrogens with one attached hydrogen (secondary N) is 1. The van der Waals surface area contributed by atoms with Gasteiger partial charge in [-0.1, -0.05) is 18.2 Å². The second-order valence-corrected chi connectivity index (χ2v) is 7.74. The number of hydrogen-bond donors (Lipinski definition) is 2. The highest BCUT2D eigenvalue weighted by molar-refractivity contribution is 5.88. The summed E-state index contributed by atoms with van der Waals surface area (Å²) < 4.78 is 1.89. The van der Waals surface area contributed by atoms with E-state index < -0.39 is 5.60 Å². The number of aromatic nitrogens is 3. The van der Waals surface area contributed by atoms with Crippen LogP contribution in [0.3, 0.4) is 0 Å². The molecule has 1 saturated heterocycles. The molecule has 0 saturated carbocycles. The molecule has 0 radical (unpaired) electrons. The number of carbonyl (C=O) groups is 1. The van der Waals surface area contributed by atoms with E-state index in [4.69, 9.17) is 0 Å². The standard InChI is InChI=1S/C21H27N5O2/c27-20(24-19-8-12-23-26(19)16-17-5-2-1-3-6-17)25-13-9-21(28,10-14-25)18-7-4-11-22-15-18/h1-2,4,7-8,11-12,15,17,28H,3,5-6,9-10,13-14,16H2,(H,24,27)/t17-/m1/s1. The van der Waals surface area contributed by atoms with Crippen LogP contribution in [0.1, 0.15) is 37.7 Å². The summed E-state index contributed by atoms with van der Waals surface area (Å²) >= 11 is 0. The number of rotatable bonds is 4. The Morgan fingerprint density at radius 2 is 2.11 bits per heavy atom. The number of piperidine rings is 1.